The van der Waals surface area contributed by atoms with Crippen LogP contribution in [0.25, 0.3) is 6.08 Å². The molecule has 108 valence electrons. The van der Waals surface area contributed by atoms with E-state index in [9.17, 15) is 4.79 Å². The van der Waals surface area contributed by atoms with E-state index in [1.165, 1.54) is 6.08 Å². The molecule has 1 amide bonds. The number of nitrogens with one attached hydrogen (secondary N) is 1. The predicted molar refractivity (Wildman–Crippen MR) is 78.6 cm³/mol. The molecule has 2 rings (SSSR count). The van der Waals surface area contributed by atoms with Gasteiger partial charge in [0.1, 0.15) is 5.75 Å². The van der Waals surface area contributed by atoms with Crippen molar-refractivity contribution in [2.75, 3.05) is 13.7 Å². The van der Waals surface area contributed by atoms with Gasteiger partial charge in [-0.05, 0) is 31.9 Å². The van der Waals surface area contributed by atoms with Crippen molar-refractivity contribution in [3.63, 3.8) is 0 Å². The van der Waals surface area contributed by atoms with Crippen LogP contribution in [0.5, 0.6) is 5.75 Å². The molecule has 0 unspecified atom stereocenters. The number of hydrogen-bond donors (Lipinski definition) is 1. The second-order valence-corrected chi connectivity index (χ2v) is 4.92. The van der Waals surface area contributed by atoms with E-state index in [-0.39, 0.29) is 18.1 Å². The van der Waals surface area contributed by atoms with Crippen molar-refractivity contribution in [1.29, 1.82) is 0 Å². The summed E-state index contributed by atoms with van der Waals surface area (Å²) < 4.78 is 10.8. The highest BCUT2D eigenvalue weighted by Crippen LogP contribution is 2.18. The molecule has 1 aromatic carbocycles. The average Bonchev–Trinajstić information content (AvgIpc) is 2.99. The van der Waals surface area contributed by atoms with Gasteiger partial charge in [-0.2, -0.15) is 0 Å². The number of methoxy groups -OCH3 is 1. The van der Waals surface area contributed by atoms with E-state index in [0.29, 0.717) is 0 Å². The minimum Gasteiger partial charge on any atom is -0.496 e. The molecule has 1 aromatic rings. The largest absolute Gasteiger partial charge is 0.496 e. The standard InChI is InChI=1S/C16H21NO3/c1-12(14-8-5-11-20-14)17-16(18)10-9-13-6-3-4-7-15(13)19-2/h3-4,6-7,9-10,12,14H,5,8,11H2,1-2H3,(H,17,18)/b10-9+/t12-,14+/m1/s1. The number of benzene rings is 1. The lowest BCUT2D eigenvalue weighted by atomic mass is 10.1. The van der Waals surface area contributed by atoms with Crippen LogP contribution in [-0.4, -0.2) is 31.8 Å². The topological polar surface area (TPSA) is 47.6 Å². The van der Waals surface area contributed by atoms with Gasteiger partial charge >= 0.3 is 0 Å². The van der Waals surface area contributed by atoms with Crippen LogP contribution < -0.4 is 10.1 Å². The second kappa shape index (κ2) is 7.10. The van der Waals surface area contributed by atoms with Gasteiger partial charge in [-0.25, -0.2) is 0 Å². The Morgan fingerprint density at radius 1 is 1.50 bits per heavy atom. The van der Waals surface area contributed by atoms with Crippen molar-refractivity contribution in [3.8, 4) is 5.75 Å². The van der Waals surface area contributed by atoms with Crippen LogP contribution >= 0.6 is 0 Å². The predicted octanol–water partition coefficient (Wildman–Crippen LogP) is 2.39. The summed E-state index contributed by atoms with van der Waals surface area (Å²) in [5.74, 6) is 0.641. The number of amides is 1. The van der Waals surface area contributed by atoms with E-state index in [4.69, 9.17) is 9.47 Å². The Kier molecular flexibility index (Phi) is 5.18. The summed E-state index contributed by atoms with van der Waals surface area (Å²) in [6.07, 6.45) is 5.51. The third kappa shape index (κ3) is 3.84. The van der Waals surface area contributed by atoms with Gasteiger partial charge in [0, 0.05) is 18.2 Å². The third-order valence-electron chi connectivity index (χ3n) is 3.45. The zero-order valence-electron chi connectivity index (χ0n) is 12.0. The molecular formula is C16H21NO3. The van der Waals surface area contributed by atoms with Crippen molar-refractivity contribution >= 4 is 12.0 Å². The lowest BCUT2D eigenvalue weighted by molar-refractivity contribution is -0.117. The average molecular weight is 275 g/mol. The molecular weight excluding hydrogens is 254 g/mol. The minimum absolute atomic E-state index is 0.0346. The number of carbonyl (C=O) groups is 1. The molecule has 2 atom stereocenters. The molecule has 1 aliphatic rings. The van der Waals surface area contributed by atoms with Gasteiger partial charge in [-0.1, -0.05) is 18.2 Å². The normalized spacial score (nSPS) is 20.0. The Balaban J connectivity index is 1.91. The Morgan fingerprint density at radius 3 is 3.00 bits per heavy atom. The van der Waals surface area contributed by atoms with Crippen LogP contribution in [0.4, 0.5) is 0 Å². The Labute approximate surface area is 119 Å². The smallest absolute Gasteiger partial charge is 0.244 e. The van der Waals surface area contributed by atoms with E-state index in [2.05, 4.69) is 5.32 Å². The van der Waals surface area contributed by atoms with Crippen LogP contribution in [0.3, 0.4) is 0 Å². The molecule has 0 aromatic heterocycles. The van der Waals surface area contributed by atoms with Gasteiger partial charge in [0.2, 0.25) is 5.91 Å². The van der Waals surface area contributed by atoms with Crippen molar-refractivity contribution in [2.24, 2.45) is 0 Å². The summed E-state index contributed by atoms with van der Waals surface area (Å²) in [5.41, 5.74) is 0.884. The van der Waals surface area contributed by atoms with Crippen molar-refractivity contribution < 1.29 is 14.3 Å². The molecule has 0 radical (unpaired) electrons. The maximum atomic E-state index is 11.9. The molecule has 20 heavy (non-hydrogen) atoms. The van der Waals surface area contributed by atoms with Crippen molar-refractivity contribution in [3.05, 3.63) is 35.9 Å². The summed E-state index contributed by atoms with van der Waals surface area (Å²) in [6.45, 7) is 2.77. The minimum atomic E-state index is -0.112. The van der Waals surface area contributed by atoms with Gasteiger partial charge in [0.05, 0.1) is 19.3 Å². The third-order valence-corrected chi connectivity index (χ3v) is 3.45. The van der Waals surface area contributed by atoms with E-state index >= 15 is 0 Å². The first-order valence-corrected chi connectivity index (χ1v) is 6.94. The monoisotopic (exact) mass is 275 g/mol. The molecule has 1 aliphatic heterocycles. The summed E-state index contributed by atoms with van der Waals surface area (Å²) in [5, 5.41) is 2.94. The first-order valence-electron chi connectivity index (χ1n) is 6.94. The van der Waals surface area contributed by atoms with Crippen LogP contribution in [0.15, 0.2) is 30.3 Å². The molecule has 4 heteroatoms. The summed E-state index contributed by atoms with van der Waals surface area (Å²) in [4.78, 5) is 11.9. The van der Waals surface area contributed by atoms with Gasteiger partial charge in [0.15, 0.2) is 0 Å². The molecule has 0 saturated carbocycles. The molecule has 1 N–H and O–H groups in total. The number of ether oxygens (including phenoxy) is 2. The van der Waals surface area contributed by atoms with Crippen LogP contribution in [0.1, 0.15) is 25.3 Å². The fourth-order valence-corrected chi connectivity index (χ4v) is 2.33. The van der Waals surface area contributed by atoms with Gasteiger partial charge in [-0.15, -0.1) is 0 Å². The van der Waals surface area contributed by atoms with Crippen LogP contribution in [0.2, 0.25) is 0 Å². The number of para-hydroxylation sites is 1. The number of carbonyl (C=O) groups excluding carboxylic acids is 1. The van der Waals surface area contributed by atoms with Crippen LogP contribution in [0, 0.1) is 0 Å². The molecule has 0 spiro atoms. The molecule has 4 nitrogen and oxygen atoms in total. The highest BCUT2D eigenvalue weighted by Gasteiger charge is 2.22. The summed E-state index contributed by atoms with van der Waals surface area (Å²) in [7, 11) is 1.62. The highest BCUT2D eigenvalue weighted by molar-refractivity contribution is 5.92. The maximum absolute atomic E-state index is 11.9. The molecule has 0 bridgehead atoms. The first kappa shape index (κ1) is 14.6. The molecule has 1 heterocycles. The fourth-order valence-electron chi connectivity index (χ4n) is 2.33. The van der Waals surface area contributed by atoms with E-state index in [0.717, 1.165) is 30.8 Å². The quantitative estimate of drug-likeness (QED) is 0.839. The summed E-state index contributed by atoms with van der Waals surface area (Å²) in [6, 6.07) is 7.62. The van der Waals surface area contributed by atoms with Crippen molar-refractivity contribution in [2.45, 2.75) is 31.9 Å². The Morgan fingerprint density at radius 2 is 2.30 bits per heavy atom. The van der Waals surface area contributed by atoms with Gasteiger partial charge < -0.3 is 14.8 Å². The lowest BCUT2D eigenvalue weighted by Crippen LogP contribution is -2.40. The Hall–Kier alpha value is -1.81. The number of rotatable bonds is 5. The van der Waals surface area contributed by atoms with Gasteiger partial charge in [0.25, 0.3) is 0 Å². The van der Waals surface area contributed by atoms with E-state index in [1.54, 1.807) is 13.2 Å². The summed E-state index contributed by atoms with van der Waals surface area (Å²) >= 11 is 0. The SMILES string of the molecule is COc1ccccc1/C=C/C(=O)N[C@H](C)[C@@H]1CCCO1. The fraction of sp³-hybridized carbons (Fsp3) is 0.438. The van der Waals surface area contributed by atoms with Crippen molar-refractivity contribution in [1.82, 2.24) is 5.32 Å². The molecule has 1 fully saturated rings. The zero-order valence-corrected chi connectivity index (χ0v) is 12.0. The molecule has 1 saturated heterocycles. The molecule has 0 aliphatic carbocycles. The highest BCUT2D eigenvalue weighted by atomic mass is 16.5. The maximum Gasteiger partial charge on any atom is 0.244 e. The lowest BCUT2D eigenvalue weighted by Gasteiger charge is -2.18. The first-order chi connectivity index (χ1) is 9.70. The van der Waals surface area contributed by atoms with Gasteiger partial charge in [-0.3, -0.25) is 4.79 Å². The van der Waals surface area contributed by atoms with E-state index in [1.807, 2.05) is 31.2 Å². The van der Waals surface area contributed by atoms with Crippen LogP contribution in [-0.2, 0) is 9.53 Å². The Bertz CT molecular complexity index is 478. The number of hydrogen-bond acceptors (Lipinski definition) is 3. The second-order valence-electron chi connectivity index (χ2n) is 4.92. The van der Waals surface area contributed by atoms with E-state index < -0.39 is 0 Å². The zero-order chi connectivity index (χ0) is 14.4.